The molecule has 5 aliphatic heterocycles. The molecular formula is C34H36N2O11S2. The fraction of sp³-hybridized carbons (Fsp3) is 0.559. The van der Waals surface area contributed by atoms with Crippen molar-refractivity contribution in [1.29, 1.82) is 0 Å². The van der Waals surface area contributed by atoms with E-state index in [1.807, 2.05) is 13.8 Å². The molecule has 2 aliphatic carbocycles. The summed E-state index contributed by atoms with van der Waals surface area (Å²) in [6, 6.07) is 4.50. The Bertz CT molecular complexity index is 1800. The van der Waals surface area contributed by atoms with Crippen LogP contribution in [-0.2, 0) is 30.2 Å². The summed E-state index contributed by atoms with van der Waals surface area (Å²) in [4.78, 5) is 45.9. The van der Waals surface area contributed by atoms with Crippen molar-refractivity contribution in [1.82, 2.24) is 9.80 Å². The molecule has 260 valence electrons. The van der Waals surface area contributed by atoms with Crippen LogP contribution in [0.25, 0.3) is 0 Å². The molecule has 5 heterocycles. The average Bonchev–Trinajstić information content (AvgIpc) is 3.36. The van der Waals surface area contributed by atoms with E-state index in [9.17, 15) is 29.7 Å². The Labute approximate surface area is 290 Å². The molecule has 5 saturated heterocycles. The fourth-order valence-corrected chi connectivity index (χ4v) is 11.9. The molecule has 5 fully saturated rings. The molecule has 3 N–H and O–H groups in total. The van der Waals surface area contributed by atoms with Crippen LogP contribution in [0.15, 0.2) is 18.2 Å². The fourth-order valence-electron chi connectivity index (χ4n) is 8.70. The van der Waals surface area contributed by atoms with Crippen molar-refractivity contribution in [2.45, 2.75) is 92.4 Å². The van der Waals surface area contributed by atoms with Crippen LogP contribution in [0.4, 0.5) is 0 Å². The molecule has 2 aromatic rings. The maximum absolute atomic E-state index is 14.0. The third-order valence-electron chi connectivity index (χ3n) is 11.0. The number of rotatable bonds is 4. The lowest BCUT2D eigenvalue weighted by molar-refractivity contribution is -0.247. The first-order chi connectivity index (χ1) is 23.5. The number of aromatic hydroxyl groups is 2. The highest BCUT2D eigenvalue weighted by Gasteiger charge is 2.62. The summed E-state index contributed by atoms with van der Waals surface area (Å²) in [6.45, 7) is 5.10. The van der Waals surface area contributed by atoms with Crippen molar-refractivity contribution in [3.8, 4) is 17.2 Å². The maximum Gasteiger partial charge on any atom is 0.257 e. The predicted octanol–water partition coefficient (Wildman–Crippen LogP) is 2.50. The van der Waals surface area contributed by atoms with Gasteiger partial charge in [-0.2, -0.15) is 0 Å². The molecule has 13 nitrogen and oxygen atoms in total. The Morgan fingerprint density at radius 3 is 2.53 bits per heavy atom. The highest BCUT2D eigenvalue weighted by Crippen LogP contribution is 2.57. The number of thioether (sulfide) groups is 2. The third-order valence-corrected chi connectivity index (χ3v) is 13.9. The summed E-state index contributed by atoms with van der Waals surface area (Å²) in [6.07, 6.45) is -3.28. The molecule has 10 atom stereocenters. The van der Waals surface area contributed by atoms with Gasteiger partial charge < -0.3 is 43.9 Å². The van der Waals surface area contributed by atoms with E-state index in [0.29, 0.717) is 19.6 Å². The second-order valence-corrected chi connectivity index (χ2v) is 16.3. The van der Waals surface area contributed by atoms with Gasteiger partial charge in [0.05, 0.1) is 48.7 Å². The first kappa shape index (κ1) is 32.0. The van der Waals surface area contributed by atoms with Crippen LogP contribution in [0.2, 0.25) is 0 Å². The van der Waals surface area contributed by atoms with Gasteiger partial charge in [0.15, 0.2) is 12.1 Å². The number of carbonyl (C=O) groups is 3. The van der Waals surface area contributed by atoms with Gasteiger partial charge in [-0.15, -0.1) is 23.5 Å². The van der Waals surface area contributed by atoms with E-state index in [4.69, 9.17) is 23.7 Å². The van der Waals surface area contributed by atoms with Crippen molar-refractivity contribution >= 4 is 41.0 Å². The summed E-state index contributed by atoms with van der Waals surface area (Å²) < 4.78 is 30.5. The zero-order chi connectivity index (χ0) is 34.1. The minimum Gasteiger partial charge on any atom is -0.507 e. The van der Waals surface area contributed by atoms with Gasteiger partial charge in [0, 0.05) is 53.6 Å². The quantitative estimate of drug-likeness (QED) is 0.267. The van der Waals surface area contributed by atoms with Crippen molar-refractivity contribution < 1.29 is 53.4 Å². The molecule has 1 unspecified atom stereocenters. The predicted molar refractivity (Wildman–Crippen MR) is 175 cm³/mol. The number of morpholine rings is 1. The summed E-state index contributed by atoms with van der Waals surface area (Å²) in [5, 5.41) is 36.7. The minimum absolute atomic E-state index is 0.0149. The number of hydrogen-bond acceptors (Lipinski definition) is 14. The van der Waals surface area contributed by atoms with Crippen LogP contribution in [0.5, 0.6) is 17.2 Å². The van der Waals surface area contributed by atoms with Crippen LogP contribution < -0.4 is 4.74 Å². The molecule has 9 rings (SSSR count). The van der Waals surface area contributed by atoms with Gasteiger partial charge in [-0.1, -0.05) is 12.1 Å². The number of ether oxygens (including phenoxy) is 5. The van der Waals surface area contributed by atoms with E-state index in [-0.39, 0.29) is 93.3 Å². The Kier molecular flexibility index (Phi) is 7.39. The molecule has 15 heteroatoms. The average molecular weight is 713 g/mol. The Balaban J connectivity index is 1.12. The number of ketones is 2. The monoisotopic (exact) mass is 712 g/mol. The van der Waals surface area contributed by atoms with Gasteiger partial charge in [-0.05, 0) is 19.9 Å². The number of benzene rings is 2. The third kappa shape index (κ3) is 4.59. The first-order valence-corrected chi connectivity index (χ1v) is 18.6. The zero-order valence-electron chi connectivity index (χ0n) is 27.0. The van der Waals surface area contributed by atoms with Crippen LogP contribution in [0.3, 0.4) is 0 Å². The normalized spacial score (nSPS) is 37.5. The van der Waals surface area contributed by atoms with Crippen LogP contribution in [0, 0.1) is 0 Å². The summed E-state index contributed by atoms with van der Waals surface area (Å²) in [7, 11) is 1.38. The number of aliphatic hydroxyl groups is 1. The topological polar surface area (TPSA) is 164 Å². The van der Waals surface area contributed by atoms with Crippen molar-refractivity contribution in [2.24, 2.45) is 0 Å². The molecule has 7 aliphatic rings. The van der Waals surface area contributed by atoms with E-state index in [1.54, 1.807) is 40.6 Å². The van der Waals surface area contributed by atoms with Gasteiger partial charge in [-0.25, -0.2) is 0 Å². The van der Waals surface area contributed by atoms with E-state index in [2.05, 4.69) is 4.90 Å². The molecule has 0 saturated carbocycles. The Morgan fingerprint density at radius 1 is 1.02 bits per heavy atom. The Morgan fingerprint density at radius 2 is 1.78 bits per heavy atom. The van der Waals surface area contributed by atoms with E-state index < -0.39 is 47.0 Å². The van der Waals surface area contributed by atoms with Crippen LogP contribution in [-0.4, -0.2) is 121 Å². The molecule has 0 radical (unpaired) electrons. The molecule has 2 aromatic carbocycles. The molecule has 0 aromatic heterocycles. The number of carbonyl (C=O) groups excluding carboxylic acids is 3. The number of nitrogens with zero attached hydrogens (tertiary/aromatic N) is 2. The first-order valence-electron chi connectivity index (χ1n) is 16.5. The smallest absolute Gasteiger partial charge is 0.257 e. The van der Waals surface area contributed by atoms with Crippen molar-refractivity contribution in [3.05, 3.63) is 51.6 Å². The summed E-state index contributed by atoms with van der Waals surface area (Å²) in [5.41, 5.74) is -2.77. The number of amides is 1. The molecular weight excluding hydrogens is 677 g/mol. The minimum atomic E-state index is -2.03. The van der Waals surface area contributed by atoms with Gasteiger partial charge in [0.1, 0.15) is 45.9 Å². The van der Waals surface area contributed by atoms with E-state index in [1.165, 1.54) is 13.2 Å². The highest BCUT2D eigenvalue weighted by molar-refractivity contribution is 8.20. The van der Waals surface area contributed by atoms with Crippen LogP contribution in [0.1, 0.15) is 75.8 Å². The molecule has 0 bridgehead atoms. The van der Waals surface area contributed by atoms with Crippen molar-refractivity contribution in [2.75, 3.05) is 25.3 Å². The summed E-state index contributed by atoms with van der Waals surface area (Å²) >= 11 is 3.25. The second-order valence-electron chi connectivity index (χ2n) is 13.7. The molecule has 49 heavy (non-hydrogen) atoms. The SMILES string of the molecule is COc1cccc2c1C(=O)c1c(O)c3c(c(O)c1C2=O)C[C@@](O)(C(=O)N1C2SCS[C@H]21)C[C@@H]3O[C@H]1C[C@H]2[C@H](O[C@@H]3[C@@H](C)OCCN32)[C@H](C)O1. The number of hydrogen-bond donors (Lipinski definition) is 3. The number of phenolic OH excluding ortho intramolecular Hbond substituents is 2. The van der Waals surface area contributed by atoms with Gasteiger partial charge >= 0.3 is 0 Å². The zero-order valence-corrected chi connectivity index (χ0v) is 28.6. The van der Waals surface area contributed by atoms with Gasteiger partial charge in [0.2, 0.25) is 5.78 Å². The highest BCUT2D eigenvalue weighted by atomic mass is 32.2. The van der Waals surface area contributed by atoms with Gasteiger partial charge in [-0.3, -0.25) is 19.3 Å². The maximum atomic E-state index is 14.0. The largest absolute Gasteiger partial charge is 0.507 e. The lowest BCUT2D eigenvalue weighted by Crippen LogP contribution is -2.54. The number of fused-ring (bicyclic) bond motifs is 7. The van der Waals surface area contributed by atoms with Gasteiger partial charge in [0.25, 0.3) is 5.91 Å². The number of phenols is 2. The van der Waals surface area contributed by atoms with Crippen molar-refractivity contribution in [3.63, 3.8) is 0 Å². The lowest BCUT2D eigenvalue weighted by atomic mass is 9.72. The summed E-state index contributed by atoms with van der Waals surface area (Å²) in [5.74, 6) is -2.85. The lowest BCUT2D eigenvalue weighted by Gasteiger charge is -2.43. The standard InChI is InChI=1S/C34H36N2O11S2/c1-13-29-17(35-7-8-44-14(2)30(35)47-29)9-20(45-13)46-19-11-34(42,33(41)36-31-32(36)49-12-48-31)10-16-22(19)28(40)24-23(26(16)38)25(37)15-5-4-6-18(43-3)21(15)27(24)39/h4-6,13-14,17,19-20,29-32,38,40,42H,7-12H2,1-3H3/t13-,14+,17-,19-,20-,29+,30+,31+,32?,34-,36?/m0/s1. The van der Waals surface area contributed by atoms with E-state index in [0.717, 1.165) is 5.08 Å². The Hall–Kier alpha value is -2.89. The second kappa shape index (κ2) is 11.3. The molecule has 1 amide bonds. The van der Waals surface area contributed by atoms with Crippen LogP contribution >= 0.6 is 23.5 Å². The number of methoxy groups -OCH3 is 1. The van der Waals surface area contributed by atoms with E-state index >= 15 is 0 Å². The molecule has 0 spiro atoms.